The van der Waals surface area contributed by atoms with Gasteiger partial charge in [0.25, 0.3) is 0 Å². The summed E-state index contributed by atoms with van der Waals surface area (Å²) < 4.78 is 30.6. The lowest BCUT2D eigenvalue weighted by Gasteiger charge is -2.43. The molecule has 1 aliphatic carbocycles. The molecule has 1 aliphatic heterocycles. The Bertz CT molecular complexity index is 3870. The van der Waals surface area contributed by atoms with Crippen LogP contribution in [0.5, 0.6) is 0 Å². The van der Waals surface area contributed by atoms with E-state index in [9.17, 15) is 0 Å². The first kappa shape index (κ1) is 39.8. The van der Waals surface area contributed by atoms with E-state index in [0.717, 1.165) is 77.7 Å². The van der Waals surface area contributed by atoms with E-state index >= 15 is 8.42 Å². The van der Waals surface area contributed by atoms with Crippen molar-refractivity contribution in [3.8, 4) is 78.7 Å². The number of aromatic nitrogens is 3. The fourth-order valence-electron chi connectivity index (χ4n) is 10.7. The van der Waals surface area contributed by atoms with Crippen LogP contribution < -0.4 is 0 Å². The molecule has 320 valence electrons. The van der Waals surface area contributed by atoms with Crippen LogP contribution >= 0.6 is 0 Å². The predicted molar refractivity (Wildman–Crippen MR) is 273 cm³/mol. The largest absolute Gasteiger partial charge is 0.218 e. The van der Waals surface area contributed by atoms with Crippen molar-refractivity contribution in [2.24, 2.45) is 0 Å². The highest BCUT2D eigenvalue weighted by Gasteiger charge is 2.52. The minimum atomic E-state index is -4.00. The zero-order chi connectivity index (χ0) is 45.4. The first-order chi connectivity index (χ1) is 33.5. The SMILES string of the molecule is O=S1(=O)c2ccccc2C2(c3ccccc3-c3ccccc3-c3ccc(-c4nc(-c5ccccc5)nc(-c5cc(-c6ccccc6)cc(-c6ccccc6)c5)n4)cc32)c2ccc3ccccc3c21. The van der Waals surface area contributed by atoms with E-state index in [1.54, 1.807) is 6.07 Å². The van der Waals surface area contributed by atoms with Crippen molar-refractivity contribution in [2.75, 3.05) is 0 Å². The molecular formula is C62H39N3O2S. The Kier molecular flexibility index (Phi) is 9.07. The van der Waals surface area contributed by atoms with Crippen molar-refractivity contribution in [2.45, 2.75) is 15.2 Å². The average molecular weight is 890 g/mol. The lowest BCUT2D eigenvalue weighted by Crippen LogP contribution is -2.38. The fourth-order valence-corrected chi connectivity index (χ4v) is 12.7. The van der Waals surface area contributed by atoms with E-state index in [1.165, 1.54) is 0 Å². The van der Waals surface area contributed by atoms with Gasteiger partial charge in [-0.15, -0.1) is 0 Å². The van der Waals surface area contributed by atoms with Gasteiger partial charge < -0.3 is 0 Å². The van der Waals surface area contributed by atoms with E-state index in [4.69, 9.17) is 15.0 Å². The quantitative estimate of drug-likeness (QED) is 0.172. The molecule has 1 aromatic heterocycles. The van der Waals surface area contributed by atoms with Crippen LogP contribution in [0.2, 0.25) is 0 Å². The Morgan fingerprint density at radius 1 is 0.309 bits per heavy atom. The van der Waals surface area contributed by atoms with Crippen molar-refractivity contribution in [3.63, 3.8) is 0 Å². The molecule has 2 aliphatic rings. The molecule has 0 fully saturated rings. The topological polar surface area (TPSA) is 72.8 Å². The number of nitrogens with zero attached hydrogens (tertiary/aromatic N) is 3. The first-order valence-electron chi connectivity index (χ1n) is 22.8. The van der Waals surface area contributed by atoms with Gasteiger partial charge in [0.15, 0.2) is 17.5 Å². The molecule has 68 heavy (non-hydrogen) atoms. The monoisotopic (exact) mass is 889 g/mol. The van der Waals surface area contributed by atoms with Crippen molar-refractivity contribution in [3.05, 3.63) is 259 Å². The lowest BCUT2D eigenvalue weighted by atomic mass is 9.62. The van der Waals surface area contributed by atoms with E-state index in [-0.39, 0.29) is 0 Å². The molecule has 1 unspecified atom stereocenters. The lowest BCUT2D eigenvalue weighted by molar-refractivity contribution is 0.581. The smallest absolute Gasteiger partial charge is 0.207 e. The summed E-state index contributed by atoms with van der Waals surface area (Å²) in [6.07, 6.45) is 0. The Balaban J connectivity index is 1.13. The van der Waals surface area contributed by atoms with Gasteiger partial charge in [-0.25, -0.2) is 23.4 Å². The average Bonchev–Trinajstić information content (AvgIpc) is 3.51. The van der Waals surface area contributed by atoms with Crippen LogP contribution in [0, 0.1) is 0 Å². The number of hydrogen-bond acceptors (Lipinski definition) is 5. The van der Waals surface area contributed by atoms with Gasteiger partial charge in [0.2, 0.25) is 9.84 Å². The molecule has 6 heteroatoms. The molecule has 10 aromatic carbocycles. The molecule has 1 atom stereocenters. The second-order valence-corrected chi connectivity index (χ2v) is 19.3. The van der Waals surface area contributed by atoms with Gasteiger partial charge in [0.1, 0.15) is 0 Å². The summed E-state index contributed by atoms with van der Waals surface area (Å²) >= 11 is 0. The standard InChI is InChI=1S/C62H39N3O2S/c66-68(67)57-31-17-16-30-54(57)62(55-35-33-42-22-10-11-25-48(42)58(55)68)53-29-15-14-28-51(53)49-26-12-13-27-50(49)52-34-32-44(39-56(52)62)60-63-59(43-23-8-3-9-24-43)64-61(65-60)47-37-45(40-18-4-1-5-19-40)36-46(38-47)41-20-6-2-7-21-41/h1-39H. The molecule has 0 bridgehead atoms. The number of sulfone groups is 1. The minimum Gasteiger partial charge on any atom is -0.218 e. The minimum absolute atomic E-state index is 0.294. The van der Waals surface area contributed by atoms with Gasteiger partial charge in [-0.2, -0.15) is 0 Å². The van der Waals surface area contributed by atoms with Gasteiger partial charge in [0.05, 0.1) is 15.2 Å². The zero-order valence-electron chi connectivity index (χ0n) is 36.6. The maximum Gasteiger partial charge on any atom is 0.207 e. The summed E-state index contributed by atoms with van der Waals surface area (Å²) in [6.45, 7) is 0. The van der Waals surface area contributed by atoms with Gasteiger partial charge in [-0.1, -0.05) is 206 Å². The molecule has 1 spiro atoms. The van der Waals surface area contributed by atoms with Crippen molar-refractivity contribution >= 4 is 20.6 Å². The van der Waals surface area contributed by atoms with Crippen LogP contribution in [-0.4, -0.2) is 23.4 Å². The number of fused-ring (bicyclic) bond motifs is 13. The Labute approximate surface area is 394 Å². The summed E-state index contributed by atoms with van der Waals surface area (Å²) in [6, 6.07) is 80.4. The van der Waals surface area contributed by atoms with Gasteiger partial charge in [-0.3, -0.25) is 0 Å². The summed E-state index contributed by atoms with van der Waals surface area (Å²) in [5.41, 5.74) is 13.2. The molecule has 2 heterocycles. The normalized spacial score (nSPS) is 15.1. The van der Waals surface area contributed by atoms with Crippen LogP contribution in [0.3, 0.4) is 0 Å². The highest BCUT2D eigenvalue weighted by Crippen LogP contribution is 2.60. The summed E-state index contributed by atoms with van der Waals surface area (Å²) in [5, 5.41) is 1.56. The fraction of sp³-hybridized carbons (Fsp3) is 0.0161. The number of hydrogen-bond donors (Lipinski definition) is 0. The third kappa shape index (κ3) is 6.08. The second kappa shape index (κ2) is 15.5. The highest BCUT2D eigenvalue weighted by atomic mass is 32.2. The van der Waals surface area contributed by atoms with E-state index < -0.39 is 15.3 Å². The molecule has 0 radical (unpaired) electrons. The third-order valence-corrected chi connectivity index (χ3v) is 15.6. The zero-order valence-corrected chi connectivity index (χ0v) is 37.4. The summed E-state index contributed by atoms with van der Waals surface area (Å²) in [7, 11) is -4.00. The van der Waals surface area contributed by atoms with Gasteiger partial charge in [-0.05, 0) is 102 Å². The summed E-state index contributed by atoms with van der Waals surface area (Å²) in [5.74, 6) is 1.58. The van der Waals surface area contributed by atoms with Crippen LogP contribution in [0.1, 0.15) is 22.3 Å². The molecule has 5 nitrogen and oxygen atoms in total. The number of rotatable bonds is 5. The number of benzene rings is 10. The van der Waals surface area contributed by atoms with Gasteiger partial charge >= 0.3 is 0 Å². The molecule has 0 saturated heterocycles. The van der Waals surface area contributed by atoms with Crippen LogP contribution in [0.15, 0.2) is 246 Å². The molecule has 0 saturated carbocycles. The maximum absolute atomic E-state index is 15.3. The summed E-state index contributed by atoms with van der Waals surface area (Å²) in [4.78, 5) is 16.5. The van der Waals surface area contributed by atoms with Crippen LogP contribution in [-0.2, 0) is 15.3 Å². The van der Waals surface area contributed by atoms with Gasteiger partial charge in [0, 0.05) is 22.1 Å². The molecule has 0 N–H and O–H groups in total. The molecular weight excluding hydrogens is 851 g/mol. The molecule has 11 aromatic rings. The maximum atomic E-state index is 15.3. The highest BCUT2D eigenvalue weighted by molar-refractivity contribution is 7.92. The predicted octanol–water partition coefficient (Wildman–Crippen LogP) is 14.5. The van der Waals surface area contributed by atoms with E-state index in [2.05, 4.69) is 140 Å². The Morgan fingerprint density at radius 2 is 0.794 bits per heavy atom. The van der Waals surface area contributed by atoms with Crippen LogP contribution in [0.4, 0.5) is 0 Å². The van der Waals surface area contributed by atoms with Crippen molar-refractivity contribution in [1.82, 2.24) is 15.0 Å². The van der Waals surface area contributed by atoms with Crippen molar-refractivity contribution in [1.29, 1.82) is 0 Å². The molecule has 13 rings (SSSR count). The Morgan fingerprint density at radius 3 is 1.46 bits per heavy atom. The van der Waals surface area contributed by atoms with E-state index in [1.807, 2.05) is 91.0 Å². The van der Waals surface area contributed by atoms with Crippen molar-refractivity contribution < 1.29 is 8.42 Å². The first-order valence-corrected chi connectivity index (χ1v) is 24.2. The van der Waals surface area contributed by atoms with Crippen LogP contribution in [0.25, 0.3) is 89.4 Å². The Hall–Kier alpha value is -8.58. The third-order valence-electron chi connectivity index (χ3n) is 13.7. The van der Waals surface area contributed by atoms with E-state index in [0.29, 0.717) is 43.8 Å². The second-order valence-electron chi connectivity index (χ2n) is 17.5. The molecule has 0 amide bonds.